The molecule has 0 aliphatic carbocycles. The number of hydrogen-bond acceptors (Lipinski definition) is 7. The molecule has 3 N–H and O–H groups in total. The lowest BCUT2D eigenvalue weighted by atomic mass is 10.2. The van der Waals surface area contributed by atoms with Crippen molar-refractivity contribution in [3.05, 3.63) is 5.69 Å². The van der Waals surface area contributed by atoms with E-state index in [1.165, 1.54) is 0 Å². The minimum atomic E-state index is -0.825. The molecule has 2 atom stereocenters. The molecule has 0 radical (unpaired) electrons. The Balaban J connectivity index is 1.58. The van der Waals surface area contributed by atoms with Crippen molar-refractivity contribution < 1.29 is 14.5 Å². The van der Waals surface area contributed by atoms with Gasteiger partial charge in [-0.2, -0.15) is 9.54 Å². The van der Waals surface area contributed by atoms with E-state index in [2.05, 4.69) is 15.3 Å². The van der Waals surface area contributed by atoms with E-state index in [1.54, 1.807) is 6.92 Å². The van der Waals surface area contributed by atoms with Crippen molar-refractivity contribution in [1.82, 2.24) is 14.9 Å². The number of nitrogens with one attached hydrogen (secondary N) is 1. The van der Waals surface area contributed by atoms with Crippen molar-refractivity contribution in [3.8, 4) is 0 Å². The van der Waals surface area contributed by atoms with E-state index >= 15 is 0 Å². The van der Waals surface area contributed by atoms with Crippen LogP contribution < -0.4 is 10.2 Å². The standard InChI is InChI=1S/C15H22N5O3S/c1-9(21)19-4-2-10(6-19)16-14-13-12(3-5-24(13)23)17-15(18-14)20-7-11(22)8-20/h10-11,22-23H,2-8H2,1H3,(H,16,17,18)/q+1/t10-,24?/m0/s1. The lowest BCUT2D eigenvalue weighted by molar-refractivity contribution is -0.127. The molecule has 0 bridgehead atoms. The summed E-state index contributed by atoms with van der Waals surface area (Å²) >= 11 is -0.825. The summed E-state index contributed by atoms with van der Waals surface area (Å²) in [5.74, 6) is 2.08. The molecule has 2 fully saturated rings. The van der Waals surface area contributed by atoms with E-state index in [4.69, 9.17) is 0 Å². The Bertz CT molecular complexity index is 667. The highest BCUT2D eigenvalue weighted by Crippen LogP contribution is 2.34. The van der Waals surface area contributed by atoms with Crippen LogP contribution in [0.5, 0.6) is 0 Å². The Labute approximate surface area is 143 Å². The zero-order valence-electron chi connectivity index (χ0n) is 13.6. The molecule has 1 aromatic rings. The molecule has 9 heteroatoms. The van der Waals surface area contributed by atoms with E-state index in [1.807, 2.05) is 9.80 Å². The van der Waals surface area contributed by atoms with E-state index in [0.717, 1.165) is 30.0 Å². The Hall–Kier alpha value is -1.58. The third kappa shape index (κ3) is 2.80. The molecular weight excluding hydrogens is 330 g/mol. The second kappa shape index (κ2) is 6.05. The van der Waals surface area contributed by atoms with Gasteiger partial charge in [0, 0.05) is 45.6 Å². The zero-order chi connectivity index (χ0) is 16.8. The zero-order valence-corrected chi connectivity index (χ0v) is 14.4. The van der Waals surface area contributed by atoms with Gasteiger partial charge >= 0.3 is 0 Å². The summed E-state index contributed by atoms with van der Waals surface area (Å²) in [6.45, 7) is 4.08. The normalized spacial score (nSPS) is 26.5. The highest BCUT2D eigenvalue weighted by atomic mass is 32.2. The number of anilines is 2. The highest BCUT2D eigenvalue weighted by Gasteiger charge is 2.40. The number of fused-ring (bicyclic) bond motifs is 1. The summed E-state index contributed by atoms with van der Waals surface area (Å²) < 4.78 is 10.3. The average molecular weight is 352 g/mol. The van der Waals surface area contributed by atoms with Crippen LogP contribution in [0.2, 0.25) is 0 Å². The van der Waals surface area contributed by atoms with Crippen molar-refractivity contribution in [1.29, 1.82) is 0 Å². The number of carbonyl (C=O) groups is 1. The van der Waals surface area contributed by atoms with Gasteiger partial charge in [-0.05, 0) is 6.42 Å². The number of aryl methyl sites for hydroxylation is 1. The van der Waals surface area contributed by atoms with Gasteiger partial charge < -0.3 is 20.2 Å². The monoisotopic (exact) mass is 352 g/mol. The minimum Gasteiger partial charge on any atom is -0.389 e. The van der Waals surface area contributed by atoms with Gasteiger partial charge in [-0.25, -0.2) is 4.98 Å². The Morgan fingerprint density at radius 1 is 1.33 bits per heavy atom. The van der Waals surface area contributed by atoms with Crippen LogP contribution in [0, 0.1) is 0 Å². The molecule has 4 rings (SSSR count). The highest BCUT2D eigenvalue weighted by molar-refractivity contribution is 7.92. The summed E-state index contributed by atoms with van der Waals surface area (Å²) in [5.41, 5.74) is 0.899. The molecule has 0 saturated carbocycles. The van der Waals surface area contributed by atoms with E-state index < -0.39 is 11.2 Å². The molecule has 2 saturated heterocycles. The molecule has 0 spiro atoms. The Morgan fingerprint density at radius 2 is 2.12 bits per heavy atom. The van der Waals surface area contributed by atoms with Gasteiger partial charge in [-0.1, -0.05) is 0 Å². The maximum atomic E-state index is 11.5. The van der Waals surface area contributed by atoms with Gasteiger partial charge in [-0.15, -0.1) is 0 Å². The number of aromatic nitrogens is 2. The molecule has 3 aliphatic heterocycles. The van der Waals surface area contributed by atoms with Gasteiger partial charge in [0.2, 0.25) is 11.9 Å². The molecule has 130 valence electrons. The van der Waals surface area contributed by atoms with Crippen LogP contribution in [0.25, 0.3) is 0 Å². The van der Waals surface area contributed by atoms with Crippen LogP contribution in [-0.4, -0.2) is 74.5 Å². The van der Waals surface area contributed by atoms with Crippen LogP contribution in [0.1, 0.15) is 19.0 Å². The number of nitrogens with zero attached hydrogens (tertiary/aromatic N) is 4. The van der Waals surface area contributed by atoms with Gasteiger partial charge in [-0.3, -0.25) is 4.79 Å². The number of amides is 1. The quantitative estimate of drug-likeness (QED) is 0.642. The van der Waals surface area contributed by atoms with Crippen molar-refractivity contribution >= 4 is 28.8 Å². The fraction of sp³-hybridized carbons (Fsp3) is 0.667. The van der Waals surface area contributed by atoms with E-state index in [-0.39, 0.29) is 18.1 Å². The Kier molecular flexibility index (Phi) is 4.01. The predicted octanol–water partition coefficient (Wildman–Crippen LogP) is -0.303. The fourth-order valence-corrected chi connectivity index (χ4v) is 4.75. The van der Waals surface area contributed by atoms with Crippen LogP contribution in [0.4, 0.5) is 11.8 Å². The second-order valence-electron chi connectivity index (χ2n) is 6.62. The molecule has 4 heterocycles. The molecule has 0 aromatic carbocycles. The summed E-state index contributed by atoms with van der Waals surface area (Å²) in [5, 5.41) is 12.9. The third-order valence-electron chi connectivity index (χ3n) is 4.81. The number of likely N-dealkylation sites (tertiary alicyclic amines) is 1. The average Bonchev–Trinajstić information content (AvgIpc) is 3.11. The molecule has 3 aliphatic rings. The molecule has 1 amide bonds. The number of hydrogen-bond donors (Lipinski definition) is 3. The number of carbonyl (C=O) groups excluding carboxylic acids is 1. The summed E-state index contributed by atoms with van der Waals surface area (Å²) in [6.07, 6.45) is 1.31. The van der Waals surface area contributed by atoms with Gasteiger partial charge in [0.25, 0.3) is 4.90 Å². The predicted molar refractivity (Wildman–Crippen MR) is 91.4 cm³/mol. The number of β-amino-alcohol motifs (C(OH)–C–C–N with tert-alkyl or cyclic N) is 1. The first-order chi connectivity index (χ1) is 11.5. The van der Waals surface area contributed by atoms with Crippen LogP contribution in [-0.2, 0) is 22.4 Å². The first-order valence-electron chi connectivity index (χ1n) is 8.27. The van der Waals surface area contributed by atoms with Crippen molar-refractivity contribution in [2.24, 2.45) is 0 Å². The van der Waals surface area contributed by atoms with Gasteiger partial charge in [0.15, 0.2) is 22.7 Å². The van der Waals surface area contributed by atoms with Crippen LogP contribution in [0.3, 0.4) is 0 Å². The summed E-state index contributed by atoms with van der Waals surface area (Å²) in [7, 11) is 0. The second-order valence-corrected chi connectivity index (χ2v) is 8.17. The van der Waals surface area contributed by atoms with E-state index in [9.17, 15) is 14.5 Å². The molecule has 1 aromatic heterocycles. The fourth-order valence-electron chi connectivity index (χ4n) is 3.41. The molecule has 8 nitrogen and oxygen atoms in total. The maximum Gasteiger partial charge on any atom is 0.253 e. The Morgan fingerprint density at radius 3 is 2.79 bits per heavy atom. The largest absolute Gasteiger partial charge is 0.389 e. The molecule has 1 unspecified atom stereocenters. The number of aliphatic hydroxyl groups excluding tert-OH is 1. The van der Waals surface area contributed by atoms with Gasteiger partial charge in [0.05, 0.1) is 6.10 Å². The van der Waals surface area contributed by atoms with Crippen molar-refractivity contribution in [2.75, 3.05) is 42.1 Å². The lowest BCUT2D eigenvalue weighted by Crippen LogP contribution is -2.51. The smallest absolute Gasteiger partial charge is 0.253 e. The number of rotatable bonds is 3. The number of aliphatic hydroxyl groups is 1. The van der Waals surface area contributed by atoms with Crippen LogP contribution >= 0.6 is 0 Å². The summed E-state index contributed by atoms with van der Waals surface area (Å²) in [6, 6.07) is 0.139. The van der Waals surface area contributed by atoms with Crippen molar-refractivity contribution in [3.63, 3.8) is 0 Å². The van der Waals surface area contributed by atoms with Crippen LogP contribution in [0.15, 0.2) is 4.90 Å². The third-order valence-corrected chi connectivity index (χ3v) is 6.30. The maximum absolute atomic E-state index is 11.5. The molecule has 24 heavy (non-hydrogen) atoms. The first kappa shape index (κ1) is 15.9. The van der Waals surface area contributed by atoms with Gasteiger partial charge in [0.1, 0.15) is 5.69 Å². The van der Waals surface area contributed by atoms with Crippen molar-refractivity contribution in [2.45, 2.75) is 36.8 Å². The van der Waals surface area contributed by atoms with E-state index in [0.29, 0.717) is 37.2 Å². The lowest BCUT2D eigenvalue weighted by Gasteiger charge is -2.36. The first-order valence-corrected chi connectivity index (χ1v) is 9.62. The summed E-state index contributed by atoms with van der Waals surface area (Å²) in [4.78, 5) is 25.3. The topological polar surface area (TPSA) is 102 Å². The molecular formula is C15H22N5O3S+. The SMILES string of the molecule is CC(=O)N1CC[C@H](Nc2nc(N3CC(O)C3)nc3c2[S+](O)CC3)C1. The minimum absolute atomic E-state index is 0.0874.